The number of para-hydroxylation sites is 2. The van der Waals surface area contributed by atoms with Gasteiger partial charge in [-0.15, -0.1) is 0 Å². The van der Waals surface area contributed by atoms with Gasteiger partial charge in [0.05, 0.1) is 17.7 Å². The molecule has 0 fully saturated rings. The highest BCUT2D eigenvalue weighted by atomic mass is 16.6. The van der Waals surface area contributed by atoms with Crippen LogP contribution in [0.5, 0.6) is 5.75 Å². The minimum absolute atomic E-state index is 0.110. The molecular weight excluding hydrogens is 334 g/mol. The number of ether oxygens (including phenoxy) is 2. The lowest BCUT2D eigenvalue weighted by Gasteiger charge is -2.07. The first-order chi connectivity index (χ1) is 12.7. The third-order valence-corrected chi connectivity index (χ3v) is 3.64. The second-order valence-electron chi connectivity index (χ2n) is 5.31. The molecule has 1 N–H and O–H groups in total. The molecule has 26 heavy (non-hydrogen) atoms. The van der Waals surface area contributed by atoms with Crippen molar-refractivity contribution in [1.29, 1.82) is 0 Å². The second-order valence-corrected chi connectivity index (χ2v) is 5.31. The molecule has 0 saturated carbocycles. The number of carbonyl (C=O) groups excluding carboxylic acids is 1. The van der Waals surface area contributed by atoms with Crippen LogP contribution in [-0.2, 0) is 11.3 Å². The molecular formula is C19H19N3O4. The molecule has 1 heterocycles. The van der Waals surface area contributed by atoms with Gasteiger partial charge in [-0.25, -0.2) is 4.79 Å². The second kappa shape index (κ2) is 8.15. The smallest absolute Gasteiger partial charge is 0.340 e. The fraction of sp³-hybridized carbons (Fsp3) is 0.211. The van der Waals surface area contributed by atoms with Crippen LogP contribution in [0.3, 0.4) is 0 Å². The third kappa shape index (κ3) is 3.83. The normalized spacial score (nSPS) is 10.4. The van der Waals surface area contributed by atoms with Crippen LogP contribution in [0.2, 0.25) is 0 Å². The van der Waals surface area contributed by atoms with Crippen LogP contribution >= 0.6 is 0 Å². The number of rotatable bonds is 7. The topological polar surface area (TPSA) is 86.5 Å². The highest BCUT2D eigenvalue weighted by molar-refractivity contribution is 5.95. The Hall–Kier alpha value is -3.35. The first kappa shape index (κ1) is 17.5. The molecule has 0 atom stereocenters. The maximum atomic E-state index is 12.2. The van der Waals surface area contributed by atoms with E-state index in [0.29, 0.717) is 29.4 Å². The van der Waals surface area contributed by atoms with Gasteiger partial charge >= 0.3 is 5.97 Å². The fourth-order valence-electron chi connectivity index (χ4n) is 2.44. The Morgan fingerprint density at radius 3 is 2.73 bits per heavy atom. The summed E-state index contributed by atoms with van der Waals surface area (Å²) in [6, 6.07) is 14.5. The van der Waals surface area contributed by atoms with Crippen molar-refractivity contribution in [1.82, 2.24) is 10.1 Å². The van der Waals surface area contributed by atoms with Gasteiger partial charge in [0.25, 0.3) is 5.89 Å². The number of esters is 1. The highest BCUT2D eigenvalue weighted by Crippen LogP contribution is 2.27. The molecule has 2 aromatic carbocycles. The van der Waals surface area contributed by atoms with Gasteiger partial charge in [-0.2, -0.15) is 4.98 Å². The monoisotopic (exact) mass is 353 g/mol. The molecule has 3 rings (SSSR count). The van der Waals surface area contributed by atoms with Crippen molar-refractivity contribution in [3.63, 3.8) is 0 Å². The Bertz CT molecular complexity index is 892. The minimum atomic E-state index is -0.468. The summed E-state index contributed by atoms with van der Waals surface area (Å²) in [6.07, 6.45) is 0. The standard InChI is InChI=1S/C19H19N3O4/c1-3-24-16-11-7-5-9-14(16)18-21-17(26-22-18)12-25-19(23)13-8-4-6-10-15(13)20-2/h4-11,20H,3,12H2,1-2H3. The van der Waals surface area contributed by atoms with E-state index in [-0.39, 0.29) is 12.5 Å². The van der Waals surface area contributed by atoms with E-state index in [0.717, 1.165) is 5.56 Å². The van der Waals surface area contributed by atoms with Crippen LogP contribution < -0.4 is 10.1 Å². The maximum Gasteiger partial charge on any atom is 0.340 e. The first-order valence-electron chi connectivity index (χ1n) is 8.21. The Labute approximate surface area is 150 Å². The van der Waals surface area contributed by atoms with Gasteiger partial charge in [0.1, 0.15) is 5.75 Å². The van der Waals surface area contributed by atoms with Gasteiger partial charge in [-0.3, -0.25) is 0 Å². The van der Waals surface area contributed by atoms with Crippen LogP contribution in [0.4, 0.5) is 5.69 Å². The van der Waals surface area contributed by atoms with E-state index in [1.165, 1.54) is 0 Å². The van der Waals surface area contributed by atoms with Crippen LogP contribution in [0.15, 0.2) is 53.1 Å². The predicted octanol–water partition coefficient (Wildman–Crippen LogP) is 3.53. The van der Waals surface area contributed by atoms with Crippen molar-refractivity contribution in [3.05, 3.63) is 60.0 Å². The van der Waals surface area contributed by atoms with Crippen molar-refractivity contribution in [2.75, 3.05) is 19.0 Å². The summed E-state index contributed by atoms with van der Waals surface area (Å²) in [6.45, 7) is 2.33. The SMILES string of the molecule is CCOc1ccccc1-c1noc(COC(=O)c2ccccc2NC)n1. The van der Waals surface area contributed by atoms with Gasteiger partial charge in [0.15, 0.2) is 6.61 Å². The molecule has 1 aromatic heterocycles. The largest absolute Gasteiger partial charge is 0.493 e. The van der Waals surface area contributed by atoms with Crippen molar-refractivity contribution >= 4 is 11.7 Å². The summed E-state index contributed by atoms with van der Waals surface area (Å²) in [5, 5.41) is 6.90. The number of nitrogens with one attached hydrogen (secondary N) is 1. The van der Waals surface area contributed by atoms with Gasteiger partial charge in [0.2, 0.25) is 5.82 Å². The van der Waals surface area contributed by atoms with E-state index >= 15 is 0 Å². The Morgan fingerprint density at radius 1 is 1.15 bits per heavy atom. The van der Waals surface area contributed by atoms with Crippen LogP contribution in [0.25, 0.3) is 11.4 Å². The van der Waals surface area contributed by atoms with E-state index in [1.54, 1.807) is 25.2 Å². The number of anilines is 1. The average molecular weight is 353 g/mol. The Morgan fingerprint density at radius 2 is 1.92 bits per heavy atom. The molecule has 7 nitrogen and oxygen atoms in total. The quantitative estimate of drug-likeness (QED) is 0.650. The lowest BCUT2D eigenvalue weighted by atomic mass is 10.2. The van der Waals surface area contributed by atoms with Crippen molar-refractivity contribution in [2.45, 2.75) is 13.5 Å². The summed E-state index contributed by atoms with van der Waals surface area (Å²) < 4.78 is 16.0. The van der Waals surface area contributed by atoms with Gasteiger partial charge in [-0.1, -0.05) is 29.4 Å². The first-order valence-corrected chi connectivity index (χ1v) is 8.21. The van der Waals surface area contributed by atoms with E-state index in [4.69, 9.17) is 14.0 Å². The molecule has 0 bridgehead atoms. The number of carbonyl (C=O) groups is 1. The van der Waals surface area contributed by atoms with E-state index in [9.17, 15) is 4.79 Å². The molecule has 0 aliphatic rings. The van der Waals surface area contributed by atoms with Gasteiger partial charge in [-0.05, 0) is 31.2 Å². The fourth-order valence-corrected chi connectivity index (χ4v) is 2.44. The molecule has 134 valence electrons. The Balaban J connectivity index is 1.70. The zero-order valence-electron chi connectivity index (χ0n) is 14.6. The zero-order valence-corrected chi connectivity index (χ0v) is 14.6. The lowest BCUT2D eigenvalue weighted by Crippen LogP contribution is -2.08. The molecule has 7 heteroatoms. The van der Waals surface area contributed by atoms with E-state index < -0.39 is 5.97 Å². The summed E-state index contributed by atoms with van der Waals surface area (Å²) in [4.78, 5) is 16.5. The molecule has 0 aliphatic carbocycles. The summed E-state index contributed by atoms with van der Waals surface area (Å²) in [7, 11) is 1.74. The molecule has 0 spiro atoms. The number of benzene rings is 2. The molecule has 3 aromatic rings. The van der Waals surface area contributed by atoms with Crippen molar-refractivity contribution in [3.8, 4) is 17.1 Å². The number of hydrogen-bond donors (Lipinski definition) is 1. The summed E-state index contributed by atoms with van der Waals surface area (Å²) in [5.41, 5.74) is 1.85. The van der Waals surface area contributed by atoms with Gasteiger partial charge in [0, 0.05) is 12.7 Å². The summed E-state index contributed by atoms with van der Waals surface area (Å²) in [5.74, 6) is 0.795. The summed E-state index contributed by atoms with van der Waals surface area (Å²) >= 11 is 0. The van der Waals surface area contributed by atoms with Crippen LogP contribution in [0.1, 0.15) is 23.2 Å². The maximum absolute atomic E-state index is 12.2. The van der Waals surface area contributed by atoms with Crippen molar-refractivity contribution in [2.24, 2.45) is 0 Å². The molecule has 0 radical (unpaired) electrons. The van der Waals surface area contributed by atoms with E-state index in [2.05, 4.69) is 15.5 Å². The van der Waals surface area contributed by atoms with Crippen LogP contribution in [0, 0.1) is 0 Å². The third-order valence-electron chi connectivity index (χ3n) is 3.64. The van der Waals surface area contributed by atoms with Crippen molar-refractivity contribution < 1.29 is 18.8 Å². The van der Waals surface area contributed by atoms with Crippen LogP contribution in [-0.4, -0.2) is 29.8 Å². The molecule has 0 unspecified atom stereocenters. The van der Waals surface area contributed by atoms with E-state index in [1.807, 2.05) is 37.3 Å². The molecule has 0 amide bonds. The average Bonchev–Trinajstić information content (AvgIpc) is 3.15. The number of nitrogens with zero attached hydrogens (tertiary/aromatic N) is 2. The lowest BCUT2D eigenvalue weighted by molar-refractivity contribution is 0.0431. The Kier molecular flexibility index (Phi) is 5.48. The zero-order chi connectivity index (χ0) is 18.4. The predicted molar refractivity (Wildman–Crippen MR) is 96.0 cm³/mol. The number of hydrogen-bond acceptors (Lipinski definition) is 7. The molecule has 0 aliphatic heterocycles. The molecule has 0 saturated heterocycles. The minimum Gasteiger partial charge on any atom is -0.493 e. The van der Waals surface area contributed by atoms with Gasteiger partial charge < -0.3 is 19.3 Å². The number of aromatic nitrogens is 2. The highest BCUT2D eigenvalue weighted by Gasteiger charge is 2.16.